The molecule has 0 aliphatic carbocycles. The lowest BCUT2D eigenvalue weighted by Crippen LogP contribution is -2.34. The summed E-state index contributed by atoms with van der Waals surface area (Å²) in [6, 6.07) is 12.2. The molecule has 1 heterocycles. The van der Waals surface area contributed by atoms with E-state index in [-0.39, 0.29) is 19.3 Å². The maximum atomic E-state index is 12.9. The van der Waals surface area contributed by atoms with Gasteiger partial charge in [-0.25, -0.2) is 4.79 Å². The van der Waals surface area contributed by atoms with E-state index in [1.54, 1.807) is 19.5 Å². The number of benzene rings is 2. The molecule has 0 fully saturated rings. The van der Waals surface area contributed by atoms with Crippen molar-refractivity contribution in [3.05, 3.63) is 60.4 Å². The number of rotatable bonds is 10. The van der Waals surface area contributed by atoms with Crippen LogP contribution in [0.4, 0.5) is 16.2 Å². The highest BCUT2D eigenvalue weighted by Crippen LogP contribution is 2.31. The van der Waals surface area contributed by atoms with Gasteiger partial charge in [0.2, 0.25) is 0 Å². The van der Waals surface area contributed by atoms with E-state index in [2.05, 4.69) is 20.8 Å². The lowest BCUT2D eigenvalue weighted by atomic mass is 10.0. The molecule has 9 heteroatoms. The Morgan fingerprint density at radius 1 is 1.19 bits per heavy atom. The van der Waals surface area contributed by atoms with Crippen molar-refractivity contribution in [2.75, 3.05) is 44.1 Å². The molecule has 1 unspecified atom stereocenters. The minimum atomic E-state index is -0.402. The van der Waals surface area contributed by atoms with Crippen LogP contribution in [0.3, 0.4) is 0 Å². The molecule has 2 amide bonds. The molecule has 32 heavy (non-hydrogen) atoms. The van der Waals surface area contributed by atoms with Gasteiger partial charge in [-0.3, -0.25) is 5.10 Å². The second kappa shape index (κ2) is 11.2. The number of nitrogens with zero attached hydrogens (tertiary/aromatic N) is 2. The van der Waals surface area contributed by atoms with E-state index in [4.69, 9.17) is 4.74 Å². The molecule has 0 aliphatic rings. The van der Waals surface area contributed by atoms with Crippen LogP contribution in [0.1, 0.15) is 18.0 Å². The number of aliphatic hydroxyl groups excluding tert-OH is 2. The third-order valence-corrected chi connectivity index (χ3v) is 5.14. The Hall–Kier alpha value is -3.56. The number of hydrogen-bond acceptors (Lipinski definition) is 6. The van der Waals surface area contributed by atoms with E-state index >= 15 is 0 Å². The second-order valence-electron chi connectivity index (χ2n) is 7.30. The van der Waals surface area contributed by atoms with Gasteiger partial charge in [-0.1, -0.05) is 18.2 Å². The van der Waals surface area contributed by atoms with Crippen LogP contribution in [-0.2, 0) is 0 Å². The number of H-pyrrole nitrogens is 1. The lowest BCUT2D eigenvalue weighted by Gasteiger charge is -2.24. The van der Waals surface area contributed by atoms with Crippen molar-refractivity contribution in [1.82, 2.24) is 15.5 Å². The fraction of sp³-hybridized carbons (Fsp3) is 0.304. The van der Waals surface area contributed by atoms with E-state index in [9.17, 15) is 15.0 Å². The van der Waals surface area contributed by atoms with Crippen LogP contribution in [0.2, 0.25) is 0 Å². The molecule has 0 spiro atoms. The summed E-state index contributed by atoms with van der Waals surface area (Å²) in [5, 5.41) is 31.5. The smallest absolute Gasteiger partial charge is 0.319 e. The SMILES string of the molecule is COc1cccc(C(CCO)NC(=O)Nc2ccc(-c3cn[nH]c3)cc2N(C)CCO)c1. The average Bonchev–Trinajstić information content (AvgIpc) is 3.34. The van der Waals surface area contributed by atoms with Crippen molar-refractivity contribution in [3.8, 4) is 16.9 Å². The zero-order valence-corrected chi connectivity index (χ0v) is 18.2. The van der Waals surface area contributed by atoms with Crippen LogP contribution in [0.5, 0.6) is 5.75 Å². The summed E-state index contributed by atoms with van der Waals surface area (Å²) in [5.74, 6) is 0.676. The number of carbonyl (C=O) groups excluding carboxylic acids is 1. The molecule has 9 nitrogen and oxygen atoms in total. The summed E-state index contributed by atoms with van der Waals surface area (Å²) in [5.41, 5.74) is 4.04. The summed E-state index contributed by atoms with van der Waals surface area (Å²) in [6.07, 6.45) is 3.87. The van der Waals surface area contributed by atoms with Gasteiger partial charge in [-0.2, -0.15) is 5.10 Å². The minimum Gasteiger partial charge on any atom is -0.497 e. The van der Waals surface area contributed by atoms with E-state index in [0.717, 1.165) is 22.4 Å². The monoisotopic (exact) mass is 439 g/mol. The Kier molecular flexibility index (Phi) is 8.07. The Labute approximate surface area is 187 Å². The number of urea groups is 1. The molecule has 0 radical (unpaired) electrons. The molecule has 2 aromatic carbocycles. The predicted octanol–water partition coefficient (Wildman–Crippen LogP) is 2.76. The third-order valence-electron chi connectivity index (χ3n) is 5.14. The summed E-state index contributed by atoms with van der Waals surface area (Å²) < 4.78 is 5.27. The van der Waals surface area contributed by atoms with Gasteiger partial charge < -0.3 is 30.5 Å². The molecule has 5 N–H and O–H groups in total. The number of hydrogen-bond donors (Lipinski definition) is 5. The molecule has 3 aromatic rings. The normalized spacial score (nSPS) is 11.6. The second-order valence-corrected chi connectivity index (χ2v) is 7.30. The Morgan fingerprint density at radius 3 is 2.72 bits per heavy atom. The van der Waals surface area contributed by atoms with Crippen molar-refractivity contribution < 1.29 is 19.7 Å². The first kappa shape index (κ1) is 23.1. The fourth-order valence-electron chi connectivity index (χ4n) is 3.44. The van der Waals surface area contributed by atoms with Gasteiger partial charge in [-0.15, -0.1) is 0 Å². The quantitative estimate of drug-likeness (QED) is 0.331. The van der Waals surface area contributed by atoms with E-state index in [0.29, 0.717) is 24.4 Å². The van der Waals surface area contributed by atoms with E-state index in [1.807, 2.05) is 54.4 Å². The molecule has 1 aromatic heterocycles. The number of aromatic nitrogens is 2. The van der Waals surface area contributed by atoms with Crippen molar-refractivity contribution in [3.63, 3.8) is 0 Å². The van der Waals surface area contributed by atoms with Crippen molar-refractivity contribution >= 4 is 17.4 Å². The van der Waals surface area contributed by atoms with E-state index < -0.39 is 6.03 Å². The Bertz CT molecular complexity index is 1010. The molecular formula is C23H29N5O4. The first-order valence-corrected chi connectivity index (χ1v) is 10.3. The number of anilines is 2. The third kappa shape index (κ3) is 5.77. The number of ether oxygens (including phenoxy) is 1. The predicted molar refractivity (Wildman–Crippen MR) is 124 cm³/mol. The van der Waals surface area contributed by atoms with Gasteiger partial charge in [0.15, 0.2) is 0 Å². The van der Waals surface area contributed by atoms with Gasteiger partial charge in [0, 0.05) is 32.0 Å². The molecule has 0 bridgehead atoms. The maximum absolute atomic E-state index is 12.9. The molecule has 3 rings (SSSR count). The molecule has 1 atom stereocenters. The highest BCUT2D eigenvalue weighted by atomic mass is 16.5. The molecule has 170 valence electrons. The molecule has 0 saturated heterocycles. The van der Waals surface area contributed by atoms with E-state index in [1.165, 1.54) is 0 Å². The first-order chi connectivity index (χ1) is 15.5. The van der Waals surface area contributed by atoms with Gasteiger partial charge in [0.25, 0.3) is 0 Å². The largest absolute Gasteiger partial charge is 0.497 e. The number of carbonyl (C=O) groups is 1. The highest BCUT2D eigenvalue weighted by Gasteiger charge is 2.17. The van der Waals surface area contributed by atoms with Gasteiger partial charge in [0.05, 0.1) is 37.3 Å². The van der Waals surface area contributed by atoms with Gasteiger partial charge in [-0.05, 0) is 41.8 Å². The van der Waals surface area contributed by atoms with Crippen LogP contribution in [0.25, 0.3) is 11.1 Å². The van der Waals surface area contributed by atoms with Crippen LogP contribution in [-0.4, -0.2) is 60.4 Å². The number of nitrogens with one attached hydrogen (secondary N) is 3. The number of amides is 2. The number of aliphatic hydroxyl groups is 2. The summed E-state index contributed by atoms with van der Waals surface area (Å²) >= 11 is 0. The topological polar surface area (TPSA) is 123 Å². The lowest BCUT2D eigenvalue weighted by molar-refractivity contribution is 0.239. The zero-order valence-electron chi connectivity index (χ0n) is 18.2. The van der Waals surface area contributed by atoms with Crippen LogP contribution >= 0.6 is 0 Å². The maximum Gasteiger partial charge on any atom is 0.319 e. The van der Waals surface area contributed by atoms with Crippen molar-refractivity contribution in [2.45, 2.75) is 12.5 Å². The zero-order chi connectivity index (χ0) is 22.9. The molecular weight excluding hydrogens is 410 g/mol. The highest BCUT2D eigenvalue weighted by molar-refractivity contribution is 5.94. The molecule has 0 saturated carbocycles. The summed E-state index contributed by atoms with van der Waals surface area (Å²) in [7, 11) is 3.43. The average molecular weight is 440 g/mol. The summed E-state index contributed by atoms with van der Waals surface area (Å²) in [6.45, 7) is 0.306. The van der Waals surface area contributed by atoms with Crippen molar-refractivity contribution in [1.29, 1.82) is 0 Å². The number of aromatic amines is 1. The van der Waals surface area contributed by atoms with Crippen molar-refractivity contribution in [2.24, 2.45) is 0 Å². The van der Waals surface area contributed by atoms with Crippen LogP contribution < -0.4 is 20.3 Å². The first-order valence-electron chi connectivity index (χ1n) is 10.3. The van der Waals surface area contributed by atoms with Gasteiger partial charge in [0.1, 0.15) is 5.75 Å². The Morgan fingerprint density at radius 2 is 2.03 bits per heavy atom. The van der Waals surface area contributed by atoms with Gasteiger partial charge >= 0.3 is 6.03 Å². The fourth-order valence-corrected chi connectivity index (χ4v) is 3.44. The van der Waals surface area contributed by atoms with Crippen LogP contribution in [0.15, 0.2) is 54.9 Å². The Balaban J connectivity index is 1.81. The molecule has 0 aliphatic heterocycles. The number of likely N-dealkylation sites (N-methyl/N-ethyl adjacent to an activating group) is 1. The van der Waals surface area contributed by atoms with Crippen LogP contribution in [0, 0.1) is 0 Å². The number of methoxy groups -OCH3 is 1. The standard InChI is InChI=1S/C23H29N5O4/c1-28(9-11-30)22-13-16(18-14-24-25-15-18)6-7-21(22)27-23(31)26-20(8-10-29)17-4-3-5-19(12-17)32-2/h3-7,12-15,20,29-30H,8-11H2,1-2H3,(H,24,25)(H2,26,27,31). The summed E-state index contributed by atoms with van der Waals surface area (Å²) in [4.78, 5) is 14.7. The minimum absolute atomic E-state index is 0.0213.